The quantitative estimate of drug-likeness (QED) is 0.425. The highest BCUT2D eigenvalue weighted by molar-refractivity contribution is 5.87. The molecule has 1 amide bonds. The van der Waals surface area contributed by atoms with E-state index < -0.39 is 0 Å². The largest absolute Gasteiger partial charge is 0.507 e. The maximum atomic E-state index is 12.0. The number of phenolic OH excluding ortho intramolecular Hbond substituents is 1. The second-order valence-corrected chi connectivity index (χ2v) is 7.23. The van der Waals surface area contributed by atoms with E-state index in [0.29, 0.717) is 48.6 Å². The molecule has 3 heterocycles. The van der Waals surface area contributed by atoms with Gasteiger partial charge in [-0.1, -0.05) is 18.7 Å². The predicted molar refractivity (Wildman–Crippen MR) is 117 cm³/mol. The first-order chi connectivity index (χ1) is 14.5. The average Bonchev–Trinajstić information content (AvgIpc) is 3.23. The molecule has 0 spiro atoms. The van der Waals surface area contributed by atoms with Crippen LogP contribution in [-0.2, 0) is 17.6 Å². The lowest BCUT2D eigenvalue weighted by atomic mass is 10.1. The summed E-state index contributed by atoms with van der Waals surface area (Å²) in [6.07, 6.45) is 4.45. The Hall–Kier alpha value is -3.94. The molecule has 0 fully saturated rings. The molecule has 8 heteroatoms. The number of aromatic hydroxyl groups is 1. The Morgan fingerprint density at radius 2 is 2.03 bits per heavy atom. The summed E-state index contributed by atoms with van der Waals surface area (Å²) in [6, 6.07) is 8.76. The van der Waals surface area contributed by atoms with Crippen LogP contribution >= 0.6 is 0 Å². The second-order valence-electron chi connectivity index (χ2n) is 7.23. The van der Waals surface area contributed by atoms with Gasteiger partial charge in [0.05, 0.1) is 5.69 Å². The van der Waals surface area contributed by atoms with Crippen LogP contribution in [0.25, 0.3) is 23.2 Å². The molecule has 1 aromatic carbocycles. The second kappa shape index (κ2) is 7.82. The van der Waals surface area contributed by atoms with Crippen molar-refractivity contribution in [3.63, 3.8) is 0 Å². The summed E-state index contributed by atoms with van der Waals surface area (Å²) in [7, 11) is 0. The Labute approximate surface area is 173 Å². The zero-order valence-electron chi connectivity index (χ0n) is 16.5. The summed E-state index contributed by atoms with van der Waals surface area (Å²) >= 11 is 0. The number of nitrogens with zero attached hydrogens (tertiary/aromatic N) is 2. The molecule has 154 valence electrons. The Morgan fingerprint density at radius 3 is 2.80 bits per heavy atom. The van der Waals surface area contributed by atoms with Crippen LogP contribution in [0, 0.1) is 0 Å². The Bertz CT molecular complexity index is 1140. The molecule has 0 saturated heterocycles. The maximum absolute atomic E-state index is 12.0. The van der Waals surface area contributed by atoms with Crippen LogP contribution < -0.4 is 11.5 Å². The summed E-state index contributed by atoms with van der Waals surface area (Å²) in [4.78, 5) is 16.9. The van der Waals surface area contributed by atoms with Crippen LogP contribution in [0.15, 0.2) is 43.0 Å². The molecule has 8 nitrogen and oxygen atoms in total. The molecule has 0 radical (unpaired) electrons. The number of nitrogens with two attached hydrogens (primary N) is 2. The SMILES string of the molecule is C=CC(=O)N1CCc2[nH]nc(-c3cc(/C=C(\N)c4ccccc4O)c(N)[nH]3)c2CC1. The van der Waals surface area contributed by atoms with Gasteiger partial charge in [-0.3, -0.25) is 9.89 Å². The molecule has 7 N–H and O–H groups in total. The van der Waals surface area contributed by atoms with Gasteiger partial charge in [-0.15, -0.1) is 0 Å². The van der Waals surface area contributed by atoms with Crippen molar-refractivity contribution in [3.05, 3.63) is 65.4 Å². The number of aromatic amines is 2. The number of H-pyrrole nitrogens is 2. The van der Waals surface area contributed by atoms with E-state index in [0.717, 1.165) is 22.6 Å². The van der Waals surface area contributed by atoms with Gasteiger partial charge in [0.15, 0.2) is 0 Å². The van der Waals surface area contributed by atoms with Gasteiger partial charge in [0.2, 0.25) is 5.91 Å². The van der Waals surface area contributed by atoms with Crippen molar-refractivity contribution >= 4 is 23.5 Å². The van der Waals surface area contributed by atoms with Crippen molar-refractivity contribution in [2.75, 3.05) is 18.8 Å². The number of rotatable bonds is 4. The number of nitrogens with one attached hydrogen (secondary N) is 2. The van der Waals surface area contributed by atoms with Crippen LogP contribution in [0.1, 0.15) is 22.4 Å². The molecule has 4 rings (SSSR count). The summed E-state index contributed by atoms with van der Waals surface area (Å²) in [6.45, 7) is 4.80. The normalized spacial score (nSPS) is 14.3. The highest BCUT2D eigenvalue weighted by atomic mass is 16.3. The number of benzene rings is 1. The van der Waals surface area contributed by atoms with Crippen LogP contribution in [0.2, 0.25) is 0 Å². The number of anilines is 1. The maximum Gasteiger partial charge on any atom is 0.245 e. The third-order valence-corrected chi connectivity index (χ3v) is 5.36. The zero-order valence-corrected chi connectivity index (χ0v) is 16.5. The number of phenols is 1. The van der Waals surface area contributed by atoms with Gasteiger partial charge in [-0.25, -0.2) is 0 Å². The molecule has 0 unspecified atom stereocenters. The number of fused-ring (bicyclic) bond motifs is 1. The fraction of sp³-hybridized carbons (Fsp3) is 0.182. The minimum atomic E-state index is -0.0640. The fourth-order valence-corrected chi connectivity index (χ4v) is 3.75. The molecule has 1 aliphatic rings. The first kappa shape index (κ1) is 19.4. The molecular weight excluding hydrogens is 380 g/mol. The average molecular weight is 404 g/mol. The minimum Gasteiger partial charge on any atom is -0.507 e. The Morgan fingerprint density at radius 1 is 1.27 bits per heavy atom. The number of hydrogen-bond donors (Lipinski definition) is 5. The topological polar surface area (TPSA) is 137 Å². The molecular formula is C22H24N6O2. The van der Waals surface area contributed by atoms with Gasteiger partial charge in [0.25, 0.3) is 0 Å². The fourth-order valence-electron chi connectivity index (χ4n) is 3.75. The summed E-state index contributed by atoms with van der Waals surface area (Å²) < 4.78 is 0. The standard InChI is InChI=1S/C22H24N6O2/c1-2-20(30)28-9-7-15-17(8-10-28)26-27-21(15)18-12-13(22(24)25-18)11-16(23)14-5-3-4-6-19(14)29/h2-6,11-12,25,29H,1,7-10,23-24H2,(H,26,27)/b16-11-. The molecule has 2 aromatic heterocycles. The van der Waals surface area contributed by atoms with Crippen molar-refractivity contribution < 1.29 is 9.90 Å². The van der Waals surface area contributed by atoms with E-state index in [1.165, 1.54) is 6.08 Å². The molecule has 0 bridgehead atoms. The molecule has 30 heavy (non-hydrogen) atoms. The van der Waals surface area contributed by atoms with Crippen LogP contribution in [0.4, 0.5) is 5.82 Å². The number of aromatic nitrogens is 3. The first-order valence-corrected chi connectivity index (χ1v) is 9.69. The van der Waals surface area contributed by atoms with Gasteiger partial charge in [-0.05, 0) is 36.8 Å². The van der Waals surface area contributed by atoms with E-state index in [1.54, 1.807) is 35.2 Å². The summed E-state index contributed by atoms with van der Waals surface area (Å²) in [5.74, 6) is 0.500. The van der Waals surface area contributed by atoms with Crippen LogP contribution in [-0.4, -0.2) is 44.2 Å². The molecule has 0 saturated carbocycles. The van der Waals surface area contributed by atoms with Crippen molar-refractivity contribution in [2.45, 2.75) is 12.8 Å². The smallest absolute Gasteiger partial charge is 0.245 e. The van der Waals surface area contributed by atoms with Gasteiger partial charge >= 0.3 is 0 Å². The zero-order chi connectivity index (χ0) is 21.3. The number of nitrogen functional groups attached to an aromatic ring is 1. The lowest BCUT2D eigenvalue weighted by Crippen LogP contribution is -2.31. The van der Waals surface area contributed by atoms with Crippen LogP contribution in [0.5, 0.6) is 5.75 Å². The highest BCUT2D eigenvalue weighted by Crippen LogP contribution is 2.31. The van der Waals surface area contributed by atoms with E-state index in [4.69, 9.17) is 11.5 Å². The van der Waals surface area contributed by atoms with Crippen molar-refractivity contribution in [1.29, 1.82) is 0 Å². The van der Waals surface area contributed by atoms with E-state index in [9.17, 15) is 9.90 Å². The Balaban J connectivity index is 1.63. The molecule has 0 aliphatic carbocycles. The van der Waals surface area contributed by atoms with Crippen molar-refractivity contribution in [2.24, 2.45) is 5.73 Å². The monoisotopic (exact) mass is 404 g/mol. The highest BCUT2D eigenvalue weighted by Gasteiger charge is 2.23. The number of carbonyl (C=O) groups excluding carboxylic acids is 1. The minimum absolute atomic E-state index is 0.0640. The lowest BCUT2D eigenvalue weighted by Gasteiger charge is -2.17. The lowest BCUT2D eigenvalue weighted by molar-refractivity contribution is -0.125. The van der Waals surface area contributed by atoms with Gasteiger partial charge < -0.3 is 26.5 Å². The summed E-state index contributed by atoms with van der Waals surface area (Å²) in [5, 5.41) is 17.6. The predicted octanol–water partition coefficient (Wildman–Crippen LogP) is 2.26. The van der Waals surface area contributed by atoms with E-state index in [-0.39, 0.29) is 11.7 Å². The van der Waals surface area contributed by atoms with Crippen molar-refractivity contribution in [3.8, 4) is 17.1 Å². The number of para-hydroxylation sites is 1. The van der Waals surface area contributed by atoms with Crippen LogP contribution in [0.3, 0.4) is 0 Å². The molecule has 1 aliphatic heterocycles. The number of hydrogen-bond acceptors (Lipinski definition) is 5. The third-order valence-electron chi connectivity index (χ3n) is 5.36. The number of carbonyl (C=O) groups is 1. The van der Waals surface area contributed by atoms with Gasteiger partial charge in [0.1, 0.15) is 17.3 Å². The van der Waals surface area contributed by atoms with Gasteiger partial charge in [0, 0.05) is 47.6 Å². The Kier molecular flexibility index (Phi) is 5.05. The molecule has 3 aromatic rings. The third kappa shape index (κ3) is 3.55. The van der Waals surface area contributed by atoms with E-state index in [2.05, 4.69) is 21.8 Å². The summed E-state index contributed by atoms with van der Waals surface area (Å²) in [5.41, 5.74) is 17.7. The first-order valence-electron chi connectivity index (χ1n) is 9.69. The van der Waals surface area contributed by atoms with E-state index >= 15 is 0 Å². The molecule has 0 atom stereocenters. The van der Waals surface area contributed by atoms with Gasteiger partial charge in [-0.2, -0.15) is 5.10 Å². The number of amides is 1. The van der Waals surface area contributed by atoms with Crippen molar-refractivity contribution in [1.82, 2.24) is 20.1 Å². The van der Waals surface area contributed by atoms with E-state index in [1.807, 2.05) is 6.07 Å².